The van der Waals surface area contributed by atoms with Gasteiger partial charge in [-0.3, -0.25) is 4.99 Å². The van der Waals surface area contributed by atoms with Gasteiger partial charge in [-0.05, 0) is 38.4 Å². The van der Waals surface area contributed by atoms with Crippen LogP contribution in [-0.4, -0.2) is 55.6 Å². The quantitative estimate of drug-likeness (QED) is 0.621. The number of alkyl halides is 3. The van der Waals surface area contributed by atoms with Gasteiger partial charge in [0.1, 0.15) is 17.5 Å². The maximum Gasteiger partial charge on any atom is 0.417 e. The molecule has 172 valence electrons. The van der Waals surface area contributed by atoms with Crippen LogP contribution >= 0.6 is 0 Å². The van der Waals surface area contributed by atoms with Gasteiger partial charge >= 0.3 is 6.18 Å². The number of nitriles is 1. The van der Waals surface area contributed by atoms with E-state index in [2.05, 4.69) is 15.3 Å². The number of piperidine rings is 1. The summed E-state index contributed by atoms with van der Waals surface area (Å²) in [5.74, 6) is 0.0585. The molecule has 2 saturated heterocycles. The molecule has 3 rings (SSSR count). The maximum absolute atomic E-state index is 13.5. The Morgan fingerprint density at radius 1 is 1.32 bits per heavy atom. The largest absolute Gasteiger partial charge is 0.417 e. The number of aliphatic imine (C=N–C) groups is 1. The first-order valence-corrected chi connectivity index (χ1v) is 10.3. The molecule has 0 bridgehead atoms. The predicted molar refractivity (Wildman–Crippen MR) is 117 cm³/mol. The molecular weight excluding hydrogens is 409 g/mol. The summed E-state index contributed by atoms with van der Waals surface area (Å²) in [6.07, 6.45) is 0.622. The summed E-state index contributed by atoms with van der Waals surface area (Å²) in [4.78, 5) is 10.5. The average molecular weight is 441 g/mol. The lowest BCUT2D eigenvalue weighted by molar-refractivity contribution is -0.137. The van der Waals surface area contributed by atoms with Gasteiger partial charge in [0, 0.05) is 38.2 Å². The van der Waals surface area contributed by atoms with E-state index in [1.807, 2.05) is 13.8 Å². The van der Waals surface area contributed by atoms with Crippen LogP contribution in [0, 0.1) is 11.3 Å². The van der Waals surface area contributed by atoms with Crippen LogP contribution in [0.15, 0.2) is 17.3 Å². The van der Waals surface area contributed by atoms with Gasteiger partial charge in [-0.2, -0.15) is 18.4 Å². The van der Waals surface area contributed by atoms with E-state index in [0.29, 0.717) is 18.7 Å². The van der Waals surface area contributed by atoms with Crippen LogP contribution < -0.4 is 16.0 Å². The van der Waals surface area contributed by atoms with Crippen LogP contribution in [0.5, 0.6) is 0 Å². The molecule has 0 amide bonds. The fourth-order valence-corrected chi connectivity index (χ4v) is 3.11. The van der Waals surface area contributed by atoms with E-state index in [0.717, 1.165) is 45.5 Å². The number of aliphatic hydroxyl groups is 1. The van der Waals surface area contributed by atoms with Gasteiger partial charge in [0.25, 0.3) is 0 Å². The molecule has 0 saturated carbocycles. The van der Waals surface area contributed by atoms with E-state index in [1.165, 1.54) is 12.4 Å². The number of aliphatic hydroxyl groups excluding tert-OH is 1. The second-order valence-electron chi connectivity index (χ2n) is 6.59. The number of rotatable bonds is 4. The lowest BCUT2D eigenvalue weighted by atomic mass is 10.0. The summed E-state index contributed by atoms with van der Waals surface area (Å²) >= 11 is 0. The molecule has 1 aromatic rings. The van der Waals surface area contributed by atoms with E-state index in [1.54, 1.807) is 11.0 Å². The zero-order chi connectivity index (χ0) is 23.4. The van der Waals surface area contributed by atoms with Crippen molar-refractivity contribution < 1.29 is 18.3 Å². The van der Waals surface area contributed by atoms with Crippen LogP contribution in [-0.2, 0) is 6.18 Å². The molecule has 1 aromatic heterocycles. The lowest BCUT2D eigenvalue weighted by Gasteiger charge is -2.33. The van der Waals surface area contributed by atoms with Gasteiger partial charge < -0.3 is 21.1 Å². The minimum atomic E-state index is -4.66. The maximum atomic E-state index is 13.5. The first kappa shape index (κ1) is 26.4. The summed E-state index contributed by atoms with van der Waals surface area (Å²) in [6, 6.07) is 2.66. The fourth-order valence-electron chi connectivity index (χ4n) is 3.11. The monoisotopic (exact) mass is 440 g/mol. The first-order chi connectivity index (χ1) is 14.9. The molecule has 0 radical (unpaired) electrons. The summed E-state index contributed by atoms with van der Waals surface area (Å²) in [6.45, 7) is 6.87. The van der Waals surface area contributed by atoms with Crippen LogP contribution in [0.3, 0.4) is 0 Å². The van der Waals surface area contributed by atoms with Gasteiger partial charge in [0.15, 0.2) is 0 Å². The van der Waals surface area contributed by atoms with Crippen LogP contribution in [0.4, 0.5) is 19.0 Å². The molecule has 3 heterocycles. The highest BCUT2D eigenvalue weighted by molar-refractivity contribution is 6.09. The van der Waals surface area contributed by atoms with Crippen molar-refractivity contribution in [2.75, 3.05) is 38.2 Å². The van der Waals surface area contributed by atoms with Crippen LogP contribution in [0.2, 0.25) is 0 Å². The topological polar surface area (TPSA) is 111 Å². The lowest BCUT2D eigenvalue weighted by Crippen LogP contribution is -2.38. The molecular formula is C21H31F3N6O. The molecule has 2 fully saturated rings. The highest BCUT2D eigenvalue weighted by atomic mass is 19.4. The van der Waals surface area contributed by atoms with Gasteiger partial charge in [0.2, 0.25) is 0 Å². The molecule has 2 aliphatic heterocycles. The molecule has 7 nitrogen and oxygen atoms in total. The molecule has 31 heavy (non-hydrogen) atoms. The van der Waals surface area contributed by atoms with E-state index < -0.39 is 17.3 Å². The van der Waals surface area contributed by atoms with Crippen LogP contribution in [0.25, 0.3) is 5.57 Å². The van der Waals surface area contributed by atoms with Gasteiger partial charge in [-0.1, -0.05) is 13.8 Å². The normalized spacial score (nSPS) is 17.1. The number of hydrogen-bond donors (Lipinski definition) is 3. The molecule has 2 aliphatic rings. The summed E-state index contributed by atoms with van der Waals surface area (Å²) in [7, 11) is 1.00. The van der Waals surface area contributed by atoms with Gasteiger partial charge in [0.05, 0.1) is 17.3 Å². The highest BCUT2D eigenvalue weighted by Crippen LogP contribution is 2.37. The molecule has 10 heteroatoms. The Balaban J connectivity index is 0.00000113. The number of nitrogens with zero attached hydrogens (tertiary/aromatic N) is 4. The third-order valence-corrected chi connectivity index (χ3v) is 4.78. The predicted octanol–water partition coefficient (Wildman–Crippen LogP) is 2.94. The minimum absolute atomic E-state index is 0.0585. The van der Waals surface area contributed by atoms with Crippen LogP contribution in [0.1, 0.15) is 49.9 Å². The number of aromatic nitrogens is 1. The Labute approximate surface area is 181 Å². The van der Waals surface area contributed by atoms with Gasteiger partial charge in [-0.25, -0.2) is 4.98 Å². The van der Waals surface area contributed by atoms with Crippen molar-refractivity contribution in [1.29, 1.82) is 5.26 Å². The Bertz CT molecular complexity index is 792. The number of allylic oxidation sites excluding steroid dienone is 1. The van der Waals surface area contributed by atoms with Crippen molar-refractivity contribution in [1.82, 2.24) is 10.3 Å². The number of nitrogens with two attached hydrogens (primary N) is 1. The highest BCUT2D eigenvalue weighted by Gasteiger charge is 2.37. The Morgan fingerprint density at radius 2 is 1.94 bits per heavy atom. The summed E-state index contributed by atoms with van der Waals surface area (Å²) in [5.41, 5.74) is 4.60. The number of anilines is 1. The Morgan fingerprint density at radius 3 is 2.39 bits per heavy atom. The zero-order valence-corrected chi connectivity index (χ0v) is 18.2. The third kappa shape index (κ3) is 6.94. The number of pyridine rings is 1. The standard InChI is InChI=1S/C18H21F3N6.C2H6.CH4O/c19-18(20,21)15-8-16(26-17(14(15)10-23)27-6-1-7-27)12(9-22)11-25-13-2-4-24-5-3-13;2*1-2/h8-9,11,13,24H,1-7,22H2;1-2H3;2H,1H3/b12-9+,25-11?;;. The van der Waals surface area contributed by atoms with E-state index >= 15 is 0 Å². The molecule has 0 spiro atoms. The minimum Gasteiger partial charge on any atom is -0.404 e. The smallest absolute Gasteiger partial charge is 0.404 e. The Kier molecular flexibility index (Phi) is 11.0. The van der Waals surface area contributed by atoms with E-state index in [9.17, 15) is 18.4 Å². The molecule has 0 unspecified atom stereocenters. The molecule has 4 N–H and O–H groups in total. The Hall–Kier alpha value is -2.64. The second-order valence-corrected chi connectivity index (χ2v) is 6.59. The summed E-state index contributed by atoms with van der Waals surface area (Å²) < 4.78 is 40.6. The van der Waals surface area contributed by atoms with Crippen molar-refractivity contribution in [3.8, 4) is 6.07 Å². The summed E-state index contributed by atoms with van der Waals surface area (Å²) in [5, 5.41) is 19.5. The fraction of sp³-hybridized carbons (Fsp3) is 0.571. The van der Waals surface area contributed by atoms with Crippen molar-refractivity contribution >= 4 is 17.6 Å². The molecule has 0 aliphatic carbocycles. The van der Waals surface area contributed by atoms with Gasteiger partial charge in [-0.15, -0.1) is 0 Å². The van der Waals surface area contributed by atoms with E-state index in [4.69, 9.17) is 10.8 Å². The number of halogens is 3. The molecule has 0 atom stereocenters. The van der Waals surface area contributed by atoms with Crippen molar-refractivity contribution in [2.24, 2.45) is 10.7 Å². The van der Waals surface area contributed by atoms with Crippen molar-refractivity contribution in [3.63, 3.8) is 0 Å². The van der Waals surface area contributed by atoms with E-state index in [-0.39, 0.29) is 17.6 Å². The number of hydrogen-bond acceptors (Lipinski definition) is 7. The van der Waals surface area contributed by atoms with Crippen molar-refractivity contribution in [2.45, 2.75) is 45.3 Å². The van der Waals surface area contributed by atoms with Crippen molar-refractivity contribution in [3.05, 3.63) is 29.1 Å². The molecule has 0 aromatic carbocycles. The number of nitrogens with one attached hydrogen (secondary N) is 1. The SMILES string of the molecule is CC.CO.N#Cc1c(C(F)(F)F)cc(/C(C=NC2CCNCC2)=C/N)nc1N1CCC1. The second kappa shape index (κ2) is 12.9. The zero-order valence-electron chi connectivity index (χ0n) is 18.2. The third-order valence-electron chi connectivity index (χ3n) is 4.78. The average Bonchev–Trinajstić information content (AvgIpc) is 2.75. The first-order valence-electron chi connectivity index (χ1n) is 10.3.